The van der Waals surface area contributed by atoms with Gasteiger partial charge in [0.1, 0.15) is 12.4 Å². The SMILES string of the molecule is CS(=O)(=O)N1CCC(NC(=O)c2ccc(C3(c4ccc(OCc5ccccn5)cc4)CC4CCC3C4)cc2)CC1. The Labute approximate surface area is 237 Å². The summed E-state index contributed by atoms with van der Waals surface area (Å²) in [5.41, 5.74) is 4.10. The fraction of sp³-hybridized carbons (Fsp3) is 0.438. The van der Waals surface area contributed by atoms with Gasteiger partial charge in [-0.05, 0) is 91.5 Å². The third-order valence-corrected chi connectivity index (χ3v) is 10.6. The molecule has 1 aromatic heterocycles. The van der Waals surface area contributed by atoms with E-state index in [1.807, 2.05) is 30.3 Å². The van der Waals surface area contributed by atoms with Crippen molar-refractivity contribution in [1.29, 1.82) is 0 Å². The number of fused-ring (bicyclic) bond motifs is 2. The summed E-state index contributed by atoms with van der Waals surface area (Å²) in [6.07, 6.45) is 9.20. The molecule has 2 aliphatic carbocycles. The Balaban J connectivity index is 1.16. The molecule has 3 fully saturated rings. The number of aromatic nitrogens is 1. The number of hydrogen-bond donors (Lipinski definition) is 1. The fourth-order valence-electron chi connectivity index (χ4n) is 7.21. The minimum absolute atomic E-state index is 0.0134. The largest absolute Gasteiger partial charge is 0.487 e. The van der Waals surface area contributed by atoms with Crippen molar-refractivity contribution in [3.05, 3.63) is 95.3 Å². The Kier molecular flexibility index (Phi) is 7.40. The second-order valence-electron chi connectivity index (χ2n) is 11.7. The summed E-state index contributed by atoms with van der Waals surface area (Å²) in [4.78, 5) is 17.4. The Morgan fingerprint density at radius 2 is 1.68 bits per heavy atom. The normalized spacial score (nSPS) is 25.1. The number of nitrogens with one attached hydrogen (secondary N) is 1. The number of amides is 1. The summed E-state index contributed by atoms with van der Waals surface area (Å²) >= 11 is 0. The third kappa shape index (κ3) is 5.39. The predicted molar refractivity (Wildman–Crippen MR) is 155 cm³/mol. The minimum Gasteiger partial charge on any atom is -0.487 e. The number of hydrogen-bond acceptors (Lipinski definition) is 5. The number of sulfonamides is 1. The molecule has 0 spiro atoms. The molecular weight excluding hydrogens is 522 g/mol. The lowest BCUT2D eigenvalue weighted by Crippen LogP contribution is -2.46. The highest BCUT2D eigenvalue weighted by Crippen LogP contribution is 2.60. The monoisotopic (exact) mass is 559 g/mol. The zero-order valence-electron chi connectivity index (χ0n) is 23.0. The van der Waals surface area contributed by atoms with Crippen molar-refractivity contribution < 1.29 is 17.9 Å². The van der Waals surface area contributed by atoms with Crippen LogP contribution in [0.25, 0.3) is 0 Å². The molecule has 2 heterocycles. The van der Waals surface area contributed by atoms with Gasteiger partial charge in [-0.1, -0.05) is 36.8 Å². The van der Waals surface area contributed by atoms with Crippen LogP contribution in [0.1, 0.15) is 65.7 Å². The fourth-order valence-corrected chi connectivity index (χ4v) is 8.09. The molecule has 3 aliphatic rings. The van der Waals surface area contributed by atoms with Gasteiger partial charge in [-0.2, -0.15) is 0 Å². The first-order valence-electron chi connectivity index (χ1n) is 14.3. The van der Waals surface area contributed by atoms with Gasteiger partial charge in [0.05, 0.1) is 11.9 Å². The van der Waals surface area contributed by atoms with Gasteiger partial charge in [0.25, 0.3) is 5.91 Å². The summed E-state index contributed by atoms with van der Waals surface area (Å²) in [6.45, 7) is 1.33. The van der Waals surface area contributed by atoms with E-state index in [0.717, 1.165) is 23.8 Å². The van der Waals surface area contributed by atoms with Gasteiger partial charge in [-0.25, -0.2) is 12.7 Å². The van der Waals surface area contributed by atoms with Crippen LogP contribution in [0.15, 0.2) is 72.9 Å². The van der Waals surface area contributed by atoms with Crippen molar-refractivity contribution in [1.82, 2.24) is 14.6 Å². The van der Waals surface area contributed by atoms with Gasteiger partial charge >= 0.3 is 0 Å². The zero-order chi connectivity index (χ0) is 27.7. The van der Waals surface area contributed by atoms with Crippen molar-refractivity contribution >= 4 is 15.9 Å². The van der Waals surface area contributed by atoms with Crippen LogP contribution in [0.2, 0.25) is 0 Å². The molecule has 3 aromatic rings. The first-order chi connectivity index (χ1) is 19.3. The molecule has 6 rings (SSSR count). The molecule has 1 N–H and O–H groups in total. The van der Waals surface area contributed by atoms with Gasteiger partial charge in [0.15, 0.2) is 0 Å². The van der Waals surface area contributed by atoms with Crippen LogP contribution in [-0.2, 0) is 22.0 Å². The number of rotatable bonds is 8. The highest BCUT2D eigenvalue weighted by atomic mass is 32.2. The van der Waals surface area contributed by atoms with Crippen LogP contribution in [0, 0.1) is 11.8 Å². The van der Waals surface area contributed by atoms with E-state index in [4.69, 9.17) is 4.74 Å². The van der Waals surface area contributed by atoms with Gasteiger partial charge in [0, 0.05) is 36.3 Å². The molecule has 2 aromatic carbocycles. The molecule has 7 nitrogen and oxygen atoms in total. The van der Waals surface area contributed by atoms with E-state index >= 15 is 0 Å². The average Bonchev–Trinajstić information content (AvgIpc) is 3.60. The highest BCUT2D eigenvalue weighted by Gasteiger charge is 2.52. The first-order valence-corrected chi connectivity index (χ1v) is 16.2. The molecular formula is C32H37N3O4S. The van der Waals surface area contributed by atoms with Crippen molar-refractivity contribution in [2.24, 2.45) is 11.8 Å². The highest BCUT2D eigenvalue weighted by molar-refractivity contribution is 7.88. The molecule has 2 saturated carbocycles. The van der Waals surface area contributed by atoms with Crippen LogP contribution in [0.3, 0.4) is 0 Å². The summed E-state index contributed by atoms with van der Waals surface area (Å²) in [5, 5.41) is 3.12. The molecule has 3 atom stereocenters. The Bertz CT molecular complexity index is 1440. The van der Waals surface area contributed by atoms with Crippen LogP contribution >= 0.6 is 0 Å². The van der Waals surface area contributed by atoms with Crippen LogP contribution < -0.4 is 10.1 Å². The van der Waals surface area contributed by atoms with Crippen LogP contribution in [-0.4, -0.2) is 49.0 Å². The number of carbonyl (C=O) groups excluding carboxylic acids is 1. The van der Waals surface area contributed by atoms with Crippen LogP contribution in [0.4, 0.5) is 0 Å². The smallest absolute Gasteiger partial charge is 0.251 e. The summed E-state index contributed by atoms with van der Waals surface area (Å²) < 4.78 is 31.0. The maximum absolute atomic E-state index is 13.0. The van der Waals surface area contributed by atoms with Gasteiger partial charge < -0.3 is 10.1 Å². The van der Waals surface area contributed by atoms with E-state index in [-0.39, 0.29) is 17.4 Å². The number of nitrogens with zero attached hydrogens (tertiary/aromatic N) is 2. The Hall–Kier alpha value is -3.23. The molecule has 3 unspecified atom stereocenters. The molecule has 1 saturated heterocycles. The second-order valence-corrected chi connectivity index (χ2v) is 13.7. The van der Waals surface area contributed by atoms with E-state index in [1.165, 1.54) is 41.0 Å². The topological polar surface area (TPSA) is 88.6 Å². The van der Waals surface area contributed by atoms with Gasteiger partial charge in [-0.3, -0.25) is 9.78 Å². The van der Waals surface area contributed by atoms with Crippen molar-refractivity contribution in [2.75, 3.05) is 19.3 Å². The van der Waals surface area contributed by atoms with Crippen molar-refractivity contribution in [3.8, 4) is 5.75 Å². The molecule has 1 aliphatic heterocycles. The van der Waals surface area contributed by atoms with E-state index < -0.39 is 10.0 Å². The minimum atomic E-state index is -3.18. The van der Waals surface area contributed by atoms with E-state index in [1.54, 1.807) is 6.20 Å². The van der Waals surface area contributed by atoms with E-state index in [9.17, 15) is 13.2 Å². The number of piperidine rings is 1. The standard InChI is InChI=1S/C32H37N3O4S/c1-40(37,38)35-18-15-28(16-19-35)34-31(36)24-6-9-25(10-7-24)32(21-23-5-8-27(32)20-23)26-11-13-30(14-12-26)39-22-29-4-2-3-17-33-29/h2-4,6-7,9-14,17,23,27-28H,5,8,15-16,18-22H2,1H3,(H,34,36). The molecule has 0 radical (unpaired) electrons. The second kappa shape index (κ2) is 11.0. The number of carbonyl (C=O) groups is 1. The maximum Gasteiger partial charge on any atom is 0.251 e. The van der Waals surface area contributed by atoms with E-state index in [0.29, 0.717) is 44.0 Å². The Morgan fingerprint density at radius 3 is 2.25 bits per heavy atom. The number of ether oxygens (including phenoxy) is 1. The molecule has 8 heteroatoms. The lowest BCUT2D eigenvalue weighted by atomic mass is 9.64. The lowest BCUT2D eigenvalue weighted by Gasteiger charge is -2.39. The first kappa shape index (κ1) is 27.0. The number of benzene rings is 2. The summed E-state index contributed by atoms with van der Waals surface area (Å²) in [5.74, 6) is 2.08. The predicted octanol–water partition coefficient (Wildman–Crippen LogP) is 4.92. The van der Waals surface area contributed by atoms with Gasteiger partial charge in [-0.15, -0.1) is 0 Å². The molecule has 1 amide bonds. The quantitative estimate of drug-likeness (QED) is 0.423. The molecule has 2 bridgehead atoms. The van der Waals surface area contributed by atoms with Crippen molar-refractivity contribution in [2.45, 2.75) is 56.6 Å². The van der Waals surface area contributed by atoms with Gasteiger partial charge in [0.2, 0.25) is 10.0 Å². The average molecular weight is 560 g/mol. The Morgan fingerprint density at radius 1 is 0.975 bits per heavy atom. The third-order valence-electron chi connectivity index (χ3n) is 9.25. The molecule has 210 valence electrons. The van der Waals surface area contributed by atoms with Crippen molar-refractivity contribution in [3.63, 3.8) is 0 Å². The maximum atomic E-state index is 13.0. The lowest BCUT2D eigenvalue weighted by molar-refractivity contribution is 0.0924. The summed E-state index contributed by atoms with van der Waals surface area (Å²) in [6, 6.07) is 22.6. The zero-order valence-corrected chi connectivity index (χ0v) is 23.8. The van der Waals surface area contributed by atoms with Crippen LogP contribution in [0.5, 0.6) is 5.75 Å². The van der Waals surface area contributed by atoms with E-state index in [2.05, 4.69) is 46.7 Å². The number of pyridine rings is 1. The molecule has 40 heavy (non-hydrogen) atoms. The summed E-state index contributed by atoms with van der Waals surface area (Å²) in [7, 11) is -3.18.